The van der Waals surface area contributed by atoms with Crippen LogP contribution in [0.4, 0.5) is 16.2 Å². The molecular formula is C49H69ClN4O6. The van der Waals surface area contributed by atoms with E-state index in [0.717, 1.165) is 46.8 Å². The molecule has 0 saturated carbocycles. The molecule has 2 aliphatic rings. The van der Waals surface area contributed by atoms with Crippen LogP contribution in [0, 0.1) is 0 Å². The van der Waals surface area contributed by atoms with Crippen LogP contribution < -0.4 is 25.4 Å². The highest BCUT2D eigenvalue weighted by Gasteiger charge is 2.48. The van der Waals surface area contributed by atoms with Gasteiger partial charge in [0.05, 0.1) is 12.1 Å². The van der Waals surface area contributed by atoms with Crippen molar-refractivity contribution in [3.8, 4) is 11.5 Å². The lowest BCUT2D eigenvalue weighted by Gasteiger charge is -2.46. The van der Waals surface area contributed by atoms with Crippen molar-refractivity contribution in [2.24, 2.45) is 0 Å². The first kappa shape index (κ1) is 48.2. The number of hydrogen-bond acceptors (Lipinski definition) is 9. The fourth-order valence-corrected chi connectivity index (χ4v) is 7.54. The normalized spacial score (nSPS) is 19.9. The summed E-state index contributed by atoms with van der Waals surface area (Å²) in [5.74, 6) is 1.50. The van der Waals surface area contributed by atoms with Crippen molar-refractivity contribution >= 4 is 29.9 Å². The number of hydrogen-bond donors (Lipinski definition) is 5. The van der Waals surface area contributed by atoms with E-state index in [1.807, 2.05) is 109 Å². The van der Waals surface area contributed by atoms with Crippen LogP contribution in [-0.2, 0) is 17.6 Å². The standard InChI is InChI=1S/C27H38N2O4.C22H30N2O2.ClH/c1-18(2)28-20-13-14-21-22(17-20)32-27(6,7)24(30)23(21)29(25(31)33-26(3,4)5)16-15-19-11-9-8-10-12-19;1-15(2)24-17-10-11-18-19(14-17)26-22(3,4)21(25)20(18)23-13-12-16-8-6-5-7-9-16;/h8-14,17-18,23-24,28,30H,15-16H2,1-7H3;5-11,14-15,20-21,23-25H,12-13H2,1-4H3;1H/t23-,24+;20-,21+;/m00./s1. The maximum Gasteiger partial charge on any atom is 0.410 e. The van der Waals surface area contributed by atoms with E-state index in [2.05, 4.69) is 80.0 Å². The van der Waals surface area contributed by atoms with Gasteiger partial charge in [-0.3, -0.25) is 4.90 Å². The molecule has 328 valence electrons. The number of aliphatic hydroxyl groups is 2. The maximum atomic E-state index is 13.4. The molecule has 0 aromatic heterocycles. The molecule has 4 aromatic carbocycles. The Morgan fingerprint density at radius 3 is 1.68 bits per heavy atom. The summed E-state index contributed by atoms with van der Waals surface area (Å²) in [6, 6.07) is 32.3. The molecule has 0 bridgehead atoms. The zero-order valence-electron chi connectivity index (χ0n) is 37.4. The maximum absolute atomic E-state index is 13.4. The Hall–Kier alpha value is -4.48. The van der Waals surface area contributed by atoms with E-state index in [1.54, 1.807) is 4.90 Å². The molecule has 0 aliphatic carbocycles. The smallest absolute Gasteiger partial charge is 0.410 e. The molecule has 1 amide bonds. The number of amides is 1. The van der Waals surface area contributed by atoms with Gasteiger partial charge in [0.15, 0.2) is 0 Å². The van der Waals surface area contributed by atoms with E-state index in [0.29, 0.717) is 24.8 Å². The molecule has 6 rings (SSSR count). The molecule has 4 aromatic rings. The first-order valence-electron chi connectivity index (χ1n) is 21.1. The Morgan fingerprint density at radius 2 is 1.18 bits per heavy atom. The van der Waals surface area contributed by atoms with Crippen LogP contribution in [0.15, 0.2) is 97.1 Å². The average Bonchev–Trinajstić information content (AvgIpc) is 3.14. The Bertz CT molecular complexity index is 1970. The fourth-order valence-electron chi connectivity index (χ4n) is 7.54. The predicted molar refractivity (Wildman–Crippen MR) is 246 cm³/mol. The van der Waals surface area contributed by atoms with Crippen molar-refractivity contribution in [2.45, 2.75) is 142 Å². The zero-order valence-corrected chi connectivity index (χ0v) is 38.2. The molecule has 0 radical (unpaired) electrons. The molecule has 4 atom stereocenters. The van der Waals surface area contributed by atoms with Gasteiger partial charge in [-0.2, -0.15) is 0 Å². The summed E-state index contributed by atoms with van der Waals surface area (Å²) in [6.07, 6.45) is -0.428. The highest BCUT2D eigenvalue weighted by Crippen LogP contribution is 2.45. The first-order chi connectivity index (χ1) is 27.7. The lowest BCUT2D eigenvalue weighted by atomic mass is 9.85. The second kappa shape index (κ2) is 20.4. The largest absolute Gasteiger partial charge is 0.485 e. The van der Waals surface area contributed by atoms with Crippen molar-refractivity contribution in [2.75, 3.05) is 23.7 Å². The van der Waals surface area contributed by atoms with Crippen LogP contribution in [0.25, 0.3) is 0 Å². The highest BCUT2D eigenvalue weighted by molar-refractivity contribution is 5.85. The molecule has 2 aliphatic heterocycles. The number of nitrogens with zero attached hydrogens (tertiary/aromatic N) is 1. The summed E-state index contributed by atoms with van der Waals surface area (Å²) in [5.41, 5.74) is 3.98. The lowest BCUT2D eigenvalue weighted by Crippen LogP contribution is -2.55. The van der Waals surface area contributed by atoms with Gasteiger partial charge in [-0.25, -0.2) is 4.79 Å². The number of halogens is 1. The van der Waals surface area contributed by atoms with Gasteiger partial charge >= 0.3 is 6.09 Å². The van der Waals surface area contributed by atoms with E-state index in [1.165, 1.54) is 5.56 Å². The summed E-state index contributed by atoms with van der Waals surface area (Å²) in [5, 5.41) is 32.6. The number of nitrogens with one attached hydrogen (secondary N) is 3. The number of carbonyl (C=O) groups is 1. The van der Waals surface area contributed by atoms with Crippen molar-refractivity contribution in [1.82, 2.24) is 10.2 Å². The van der Waals surface area contributed by atoms with Gasteiger partial charge in [0, 0.05) is 53.3 Å². The van der Waals surface area contributed by atoms with E-state index in [9.17, 15) is 15.0 Å². The summed E-state index contributed by atoms with van der Waals surface area (Å²) in [6.45, 7) is 22.7. The van der Waals surface area contributed by atoms with Crippen molar-refractivity contribution in [1.29, 1.82) is 0 Å². The molecule has 2 heterocycles. The SMILES string of the molecule is CC(C)Nc1ccc2c(c1)OC(C)(C)[C@H](O)[C@H]2N(CCc1ccccc1)C(=O)OC(C)(C)C.CC(C)Nc1ccc2c(c1)OC(C)(C)[C@H](O)[C@H]2NCCc1ccccc1.Cl. The molecule has 10 nitrogen and oxygen atoms in total. The molecule has 0 saturated heterocycles. The third-order valence-electron chi connectivity index (χ3n) is 10.4. The predicted octanol–water partition coefficient (Wildman–Crippen LogP) is 9.89. The first-order valence-corrected chi connectivity index (χ1v) is 21.1. The Labute approximate surface area is 364 Å². The molecular weight excluding hydrogens is 776 g/mol. The fraction of sp³-hybridized carbons (Fsp3) is 0.490. The van der Waals surface area contributed by atoms with Gasteiger partial charge in [-0.05, 0) is 119 Å². The van der Waals surface area contributed by atoms with Crippen LogP contribution in [0.5, 0.6) is 11.5 Å². The monoisotopic (exact) mass is 844 g/mol. The van der Waals surface area contributed by atoms with E-state index < -0.39 is 41.1 Å². The molecule has 11 heteroatoms. The van der Waals surface area contributed by atoms with Gasteiger partial charge in [-0.1, -0.05) is 72.8 Å². The Kier molecular flexibility index (Phi) is 16.4. The van der Waals surface area contributed by atoms with Gasteiger partial charge in [0.2, 0.25) is 0 Å². The second-order valence-corrected chi connectivity index (χ2v) is 18.4. The number of rotatable bonds is 12. The minimum atomic E-state index is -0.933. The Morgan fingerprint density at radius 1 is 0.717 bits per heavy atom. The lowest BCUT2D eigenvalue weighted by molar-refractivity contribution is -0.0937. The number of aliphatic hydroxyl groups excluding tert-OH is 2. The van der Waals surface area contributed by atoms with Gasteiger partial charge < -0.3 is 40.4 Å². The average molecular weight is 846 g/mol. The zero-order chi connectivity index (χ0) is 43.1. The third kappa shape index (κ3) is 12.8. The Balaban J connectivity index is 0.000000267. The quantitative estimate of drug-likeness (QED) is 0.0948. The topological polar surface area (TPSA) is 125 Å². The van der Waals surface area contributed by atoms with Crippen LogP contribution in [0.3, 0.4) is 0 Å². The van der Waals surface area contributed by atoms with Crippen molar-refractivity contribution in [3.05, 3.63) is 119 Å². The van der Waals surface area contributed by atoms with Gasteiger partial charge in [-0.15, -0.1) is 12.4 Å². The van der Waals surface area contributed by atoms with Crippen LogP contribution in [0.2, 0.25) is 0 Å². The second-order valence-electron chi connectivity index (χ2n) is 18.4. The number of fused-ring (bicyclic) bond motifs is 2. The summed E-state index contributed by atoms with van der Waals surface area (Å²) < 4.78 is 18.1. The van der Waals surface area contributed by atoms with Crippen LogP contribution in [0.1, 0.15) is 110 Å². The van der Waals surface area contributed by atoms with E-state index in [4.69, 9.17) is 14.2 Å². The van der Waals surface area contributed by atoms with Gasteiger partial charge in [0.25, 0.3) is 0 Å². The van der Waals surface area contributed by atoms with Crippen LogP contribution in [-0.4, -0.2) is 75.4 Å². The number of carbonyl (C=O) groups excluding carboxylic acids is 1. The minimum absolute atomic E-state index is 0. The van der Waals surface area contributed by atoms with Crippen LogP contribution >= 0.6 is 12.4 Å². The van der Waals surface area contributed by atoms with Crippen molar-refractivity contribution in [3.63, 3.8) is 0 Å². The summed E-state index contributed by atoms with van der Waals surface area (Å²) >= 11 is 0. The summed E-state index contributed by atoms with van der Waals surface area (Å²) in [4.78, 5) is 15.1. The highest BCUT2D eigenvalue weighted by atomic mass is 35.5. The molecule has 0 spiro atoms. The van der Waals surface area contributed by atoms with E-state index in [-0.39, 0.29) is 24.5 Å². The van der Waals surface area contributed by atoms with E-state index >= 15 is 0 Å². The molecule has 0 unspecified atom stereocenters. The molecule has 5 N–H and O–H groups in total. The number of anilines is 2. The summed E-state index contributed by atoms with van der Waals surface area (Å²) in [7, 11) is 0. The molecule has 60 heavy (non-hydrogen) atoms. The van der Waals surface area contributed by atoms with Crippen molar-refractivity contribution < 1.29 is 29.2 Å². The molecule has 0 fully saturated rings. The third-order valence-corrected chi connectivity index (χ3v) is 10.4. The number of ether oxygens (including phenoxy) is 3. The minimum Gasteiger partial charge on any atom is -0.485 e. The van der Waals surface area contributed by atoms with Gasteiger partial charge in [0.1, 0.15) is 40.5 Å². The number of benzene rings is 4.